The summed E-state index contributed by atoms with van der Waals surface area (Å²) in [5, 5.41) is 0. The first-order chi connectivity index (χ1) is 24.2. The van der Waals surface area contributed by atoms with Crippen LogP contribution in [0.4, 0.5) is 0 Å². The van der Waals surface area contributed by atoms with Gasteiger partial charge in [0.1, 0.15) is 23.9 Å². The molecule has 2 aromatic rings. The van der Waals surface area contributed by atoms with Gasteiger partial charge in [-0.3, -0.25) is 24.0 Å². The van der Waals surface area contributed by atoms with Crippen LogP contribution in [0.15, 0.2) is 53.9 Å². The van der Waals surface area contributed by atoms with Crippen molar-refractivity contribution in [2.45, 2.75) is 101 Å². The molecule has 0 aliphatic carbocycles. The van der Waals surface area contributed by atoms with Crippen molar-refractivity contribution in [2.75, 3.05) is 13.2 Å². The van der Waals surface area contributed by atoms with E-state index in [4.69, 9.17) is 42.6 Å². The number of carbonyl (C=O) groups excluding carboxylic acids is 6. The normalized spacial score (nSPS) is 27.4. The number of rotatable bonds is 13. The van der Waals surface area contributed by atoms with Crippen LogP contribution in [0.5, 0.6) is 0 Å². The molecule has 0 spiro atoms. The third-order valence-corrected chi connectivity index (χ3v) is 8.48. The highest BCUT2D eigenvalue weighted by molar-refractivity contribution is 7.99. The summed E-state index contributed by atoms with van der Waals surface area (Å²) in [7, 11) is 1.77. The zero-order chi connectivity index (χ0) is 37.2. The maximum absolute atomic E-state index is 13.3. The van der Waals surface area contributed by atoms with E-state index in [1.54, 1.807) is 59.2 Å². The van der Waals surface area contributed by atoms with Crippen LogP contribution in [0.2, 0.25) is 0 Å². The Morgan fingerprint density at radius 3 is 1.94 bits per heavy atom. The number of esters is 6. The zero-order valence-corrected chi connectivity index (χ0v) is 29.7. The lowest BCUT2D eigenvalue weighted by molar-refractivity contribution is -0.671. The van der Waals surface area contributed by atoms with E-state index >= 15 is 0 Å². The number of benzene rings is 1. The van der Waals surface area contributed by atoms with Gasteiger partial charge in [0.15, 0.2) is 49.5 Å². The van der Waals surface area contributed by atoms with Crippen molar-refractivity contribution in [1.82, 2.24) is 4.57 Å². The number of nitrogens with zero attached hydrogens (tertiary/aromatic N) is 2. The number of ether oxygens (including phenoxy) is 9. The van der Waals surface area contributed by atoms with Crippen molar-refractivity contribution in [3.8, 4) is 0 Å². The molecular formula is C33H41N2O15S+. The van der Waals surface area contributed by atoms with Crippen LogP contribution in [0, 0.1) is 0 Å². The number of aryl methyl sites for hydroxylation is 1. The largest absolute Gasteiger partial charge is 0.456 e. The maximum Gasteiger partial charge on any atom is 0.349 e. The second-order valence-corrected chi connectivity index (χ2v) is 12.8. The fourth-order valence-corrected chi connectivity index (χ4v) is 6.63. The van der Waals surface area contributed by atoms with Crippen molar-refractivity contribution in [3.63, 3.8) is 0 Å². The molecule has 0 N–H and O–H groups in total. The van der Waals surface area contributed by atoms with Crippen molar-refractivity contribution in [1.29, 1.82) is 0 Å². The molecule has 4 rings (SSSR count). The van der Waals surface area contributed by atoms with Crippen LogP contribution in [0.25, 0.3) is 0 Å². The summed E-state index contributed by atoms with van der Waals surface area (Å²) >= 11 is 1.16. The average molecular weight is 738 g/mol. The molecule has 17 nitrogen and oxygen atoms in total. The molecule has 18 heteroatoms. The number of imidazole rings is 1. The number of thioether (sulfide) groups is 1. The Bertz CT molecular complexity index is 1550. The molecule has 0 bridgehead atoms. The van der Waals surface area contributed by atoms with Gasteiger partial charge in [-0.25, -0.2) is 13.9 Å². The van der Waals surface area contributed by atoms with Crippen LogP contribution in [-0.4, -0.2) is 108 Å². The Morgan fingerprint density at radius 2 is 1.35 bits per heavy atom. The Labute approximate surface area is 297 Å². The molecule has 51 heavy (non-hydrogen) atoms. The predicted molar refractivity (Wildman–Crippen MR) is 170 cm³/mol. The van der Waals surface area contributed by atoms with Gasteiger partial charge < -0.3 is 42.6 Å². The van der Waals surface area contributed by atoms with Crippen molar-refractivity contribution < 1.29 is 76.0 Å². The minimum absolute atomic E-state index is 0.236. The van der Waals surface area contributed by atoms with Gasteiger partial charge >= 0.3 is 35.8 Å². The SMILES string of the molecule is CC(=O)O[C@@H]1[C@@H](OC(C)=O)[C@H](Sc2ccccc2)O[C@H](CO[C@@H]2OC[C@@H](OC(C)=O)[C@H](OC(C)=O)[C@H]2OC(C)=O)[C@H]1OC(=O)Cn1cc[n+](C)c1. The number of hydrogen-bond acceptors (Lipinski definition) is 16. The smallest absolute Gasteiger partial charge is 0.349 e. The molecule has 2 saturated heterocycles. The minimum Gasteiger partial charge on any atom is -0.456 e. The monoisotopic (exact) mass is 737 g/mol. The summed E-state index contributed by atoms with van der Waals surface area (Å²) in [5.41, 5.74) is -1.02. The van der Waals surface area contributed by atoms with Crippen LogP contribution in [0.3, 0.4) is 0 Å². The molecule has 0 radical (unpaired) electrons. The number of hydrogen-bond donors (Lipinski definition) is 0. The van der Waals surface area contributed by atoms with E-state index in [9.17, 15) is 28.8 Å². The van der Waals surface area contributed by atoms with Gasteiger partial charge in [-0.2, -0.15) is 0 Å². The lowest BCUT2D eigenvalue weighted by Gasteiger charge is -2.45. The number of carbonyl (C=O) groups is 6. The van der Waals surface area contributed by atoms with Crippen LogP contribution >= 0.6 is 11.8 Å². The van der Waals surface area contributed by atoms with Gasteiger partial charge in [0.25, 0.3) is 0 Å². The molecule has 1 aromatic carbocycles. The van der Waals surface area contributed by atoms with Gasteiger partial charge in [-0.15, -0.1) is 0 Å². The zero-order valence-electron chi connectivity index (χ0n) is 28.9. The summed E-state index contributed by atoms with van der Waals surface area (Å²) in [5.74, 6) is -4.45. The Morgan fingerprint density at radius 1 is 0.765 bits per heavy atom. The first-order valence-electron chi connectivity index (χ1n) is 15.9. The molecule has 0 unspecified atom stereocenters. The molecule has 2 aliphatic heterocycles. The lowest BCUT2D eigenvalue weighted by Crippen LogP contribution is -2.62. The van der Waals surface area contributed by atoms with Gasteiger partial charge in [0.05, 0.1) is 20.3 Å². The highest BCUT2D eigenvalue weighted by Gasteiger charge is 2.54. The molecule has 9 atom stereocenters. The molecule has 2 aliphatic rings. The highest BCUT2D eigenvalue weighted by Crippen LogP contribution is 2.38. The van der Waals surface area contributed by atoms with E-state index in [0.29, 0.717) is 4.90 Å². The van der Waals surface area contributed by atoms with Gasteiger partial charge in [0, 0.05) is 39.5 Å². The topological polar surface area (TPSA) is 194 Å². The number of aromatic nitrogens is 2. The van der Waals surface area contributed by atoms with Crippen molar-refractivity contribution >= 4 is 47.6 Å². The highest BCUT2D eigenvalue weighted by atomic mass is 32.2. The summed E-state index contributed by atoms with van der Waals surface area (Å²) in [6.07, 6.45) is -5.54. The third-order valence-electron chi connectivity index (χ3n) is 7.32. The van der Waals surface area contributed by atoms with Crippen LogP contribution < -0.4 is 4.57 Å². The first kappa shape index (κ1) is 39.3. The lowest BCUT2D eigenvalue weighted by atomic mass is 9.99. The summed E-state index contributed by atoms with van der Waals surface area (Å²) in [4.78, 5) is 74.9. The van der Waals surface area contributed by atoms with Crippen molar-refractivity contribution in [2.24, 2.45) is 7.05 Å². The molecule has 2 fully saturated rings. The van der Waals surface area contributed by atoms with E-state index in [1.807, 2.05) is 6.07 Å². The molecule has 1 aromatic heterocycles. The van der Waals surface area contributed by atoms with Crippen molar-refractivity contribution in [3.05, 3.63) is 49.1 Å². The second-order valence-electron chi connectivity index (χ2n) is 11.7. The summed E-state index contributed by atoms with van der Waals surface area (Å²) < 4.78 is 54.9. The summed E-state index contributed by atoms with van der Waals surface area (Å²) in [6, 6.07) is 8.98. The fraction of sp³-hybridized carbons (Fsp3) is 0.545. The molecule has 3 heterocycles. The Kier molecular flexibility index (Phi) is 13.9. The Hall–Kier alpha value is -4.52. The van der Waals surface area contributed by atoms with E-state index in [1.165, 1.54) is 6.92 Å². The van der Waals surface area contributed by atoms with E-state index in [0.717, 1.165) is 39.5 Å². The first-order valence-corrected chi connectivity index (χ1v) is 16.7. The van der Waals surface area contributed by atoms with E-state index in [2.05, 4.69) is 0 Å². The third kappa shape index (κ3) is 11.5. The molecule has 0 saturated carbocycles. The van der Waals surface area contributed by atoms with Gasteiger partial charge in [0.2, 0.25) is 6.33 Å². The second kappa shape index (κ2) is 18.1. The van der Waals surface area contributed by atoms with Crippen LogP contribution in [0.1, 0.15) is 34.6 Å². The standard InChI is InChI=1S/C33H41N2O15S/c1-18(36)44-24-15-42-32(30(47-21(4)39)28(24)45-19(2)37)43-16-25-27(50-26(41)14-35-13-12-34(6)17-35)29(46-20(3)38)31(48-22(5)40)33(49-25)51-23-10-8-7-9-11-23/h7-13,17,24-25,27-33H,14-16H2,1-6H3/q+1/t24-,25-,27-,28+,29+,30-,31-,32+,33+/m1/s1. The maximum atomic E-state index is 13.3. The molecule has 0 amide bonds. The van der Waals surface area contributed by atoms with Gasteiger partial charge in [-0.1, -0.05) is 30.0 Å². The van der Waals surface area contributed by atoms with E-state index < -0.39 is 96.9 Å². The predicted octanol–water partition coefficient (Wildman–Crippen LogP) is 0.773. The Balaban J connectivity index is 1.69. The average Bonchev–Trinajstić information content (AvgIpc) is 3.44. The van der Waals surface area contributed by atoms with E-state index in [-0.39, 0.29) is 13.2 Å². The van der Waals surface area contributed by atoms with Gasteiger partial charge in [-0.05, 0) is 12.1 Å². The van der Waals surface area contributed by atoms with Crippen LogP contribution in [-0.2, 0) is 85.0 Å². The quantitative estimate of drug-likeness (QED) is 0.159. The summed E-state index contributed by atoms with van der Waals surface area (Å²) in [6.45, 7) is 4.73. The molecule has 278 valence electrons. The fourth-order valence-electron chi connectivity index (χ4n) is 5.50. The minimum atomic E-state index is -1.42. The molecular weight excluding hydrogens is 696 g/mol.